The molecule has 0 aliphatic heterocycles. The Morgan fingerprint density at radius 2 is 2.06 bits per heavy atom. The third-order valence-electron chi connectivity index (χ3n) is 2.44. The number of hydrogen-bond acceptors (Lipinski definition) is 4. The first-order chi connectivity index (χ1) is 8.27. The van der Waals surface area contributed by atoms with Crippen molar-refractivity contribution >= 4 is 23.2 Å². The summed E-state index contributed by atoms with van der Waals surface area (Å²) < 4.78 is 5.04. The van der Waals surface area contributed by atoms with Crippen LogP contribution in [0.1, 0.15) is 30.4 Å². The molecule has 1 unspecified atom stereocenters. The third-order valence-corrected chi connectivity index (χ3v) is 3.34. The molecule has 6 heteroatoms. The molecule has 18 heavy (non-hydrogen) atoms. The molecule has 1 aromatic heterocycles. The maximum absolute atomic E-state index is 12.0. The van der Waals surface area contributed by atoms with E-state index in [4.69, 9.17) is 9.84 Å². The van der Waals surface area contributed by atoms with Crippen LogP contribution in [0.5, 0.6) is 5.75 Å². The van der Waals surface area contributed by atoms with Crippen LogP contribution in [0.15, 0.2) is 11.4 Å². The normalized spacial score (nSPS) is 12.9. The van der Waals surface area contributed by atoms with Gasteiger partial charge in [0.05, 0.1) is 7.11 Å². The summed E-state index contributed by atoms with van der Waals surface area (Å²) in [6, 6.07) is 0.726. The fraction of sp³-hybridized carbons (Fsp3) is 0.500. The molecule has 0 aliphatic rings. The first-order valence-electron chi connectivity index (χ1n) is 5.42. The lowest BCUT2D eigenvalue weighted by atomic mass is 9.87. The summed E-state index contributed by atoms with van der Waals surface area (Å²) in [5.41, 5.74) is -0.564. The number of carbonyl (C=O) groups excluding carboxylic acids is 1. The molecule has 0 aromatic carbocycles. The predicted octanol–water partition coefficient (Wildman–Crippen LogP) is 1.99. The molecule has 0 fully saturated rings. The van der Waals surface area contributed by atoms with Gasteiger partial charge in [-0.3, -0.25) is 4.79 Å². The van der Waals surface area contributed by atoms with Crippen LogP contribution in [0.3, 0.4) is 0 Å². The Kier molecular flexibility index (Phi) is 4.34. The monoisotopic (exact) mass is 271 g/mol. The van der Waals surface area contributed by atoms with E-state index in [0.29, 0.717) is 10.6 Å². The number of amides is 1. The second kappa shape index (κ2) is 5.39. The van der Waals surface area contributed by atoms with Crippen molar-refractivity contribution in [2.24, 2.45) is 5.41 Å². The van der Waals surface area contributed by atoms with E-state index in [1.54, 1.807) is 32.2 Å². The van der Waals surface area contributed by atoms with E-state index < -0.39 is 23.3 Å². The minimum absolute atomic E-state index is 0.382. The molecule has 1 rings (SSSR count). The summed E-state index contributed by atoms with van der Waals surface area (Å²) in [5, 5.41) is 13.4. The number of rotatable bonds is 4. The largest absolute Gasteiger partial charge is 0.495 e. The van der Waals surface area contributed by atoms with Gasteiger partial charge in [0.15, 0.2) is 0 Å². The lowest BCUT2D eigenvalue weighted by Gasteiger charge is -2.27. The molecule has 100 valence electrons. The Morgan fingerprint density at radius 3 is 2.50 bits per heavy atom. The molecule has 0 saturated heterocycles. The molecule has 0 radical (unpaired) electrons. The number of hydrogen-bond donors (Lipinski definition) is 2. The zero-order valence-electron chi connectivity index (χ0n) is 10.8. The van der Waals surface area contributed by atoms with Crippen LogP contribution in [-0.4, -0.2) is 30.1 Å². The first kappa shape index (κ1) is 14.5. The van der Waals surface area contributed by atoms with Crippen molar-refractivity contribution in [3.8, 4) is 5.75 Å². The summed E-state index contributed by atoms with van der Waals surface area (Å²) in [4.78, 5) is 23.5. The van der Waals surface area contributed by atoms with Crippen molar-refractivity contribution in [3.05, 3.63) is 16.3 Å². The summed E-state index contributed by atoms with van der Waals surface area (Å²) in [6.45, 7) is 5.28. The Labute approximate surface area is 110 Å². The van der Waals surface area contributed by atoms with Crippen LogP contribution in [0.4, 0.5) is 0 Å². The standard InChI is InChI=1S/C12H17NO4S/c1-12(2,3)9(11(15)16)13-10(14)8-7(17-4)5-6-18-8/h5-6,9H,1-4H3,(H,13,14)(H,15,16). The number of thiophene rings is 1. The van der Waals surface area contributed by atoms with Crippen LogP contribution < -0.4 is 10.1 Å². The van der Waals surface area contributed by atoms with Gasteiger partial charge in [-0.2, -0.15) is 0 Å². The third kappa shape index (κ3) is 3.22. The first-order valence-corrected chi connectivity index (χ1v) is 6.30. The van der Waals surface area contributed by atoms with Crippen molar-refractivity contribution in [3.63, 3.8) is 0 Å². The van der Waals surface area contributed by atoms with Crippen molar-refractivity contribution in [2.75, 3.05) is 7.11 Å². The molecule has 2 N–H and O–H groups in total. The quantitative estimate of drug-likeness (QED) is 0.878. The van der Waals surface area contributed by atoms with E-state index in [9.17, 15) is 9.59 Å². The average molecular weight is 271 g/mol. The highest BCUT2D eigenvalue weighted by molar-refractivity contribution is 7.12. The van der Waals surface area contributed by atoms with E-state index in [-0.39, 0.29) is 0 Å². The topological polar surface area (TPSA) is 75.6 Å². The Balaban J connectivity index is 2.89. The Morgan fingerprint density at radius 1 is 1.44 bits per heavy atom. The SMILES string of the molecule is COc1ccsc1C(=O)NC(C(=O)O)C(C)(C)C. The minimum atomic E-state index is -1.05. The molecule has 5 nitrogen and oxygen atoms in total. The minimum Gasteiger partial charge on any atom is -0.495 e. The van der Waals surface area contributed by atoms with Gasteiger partial charge in [0.1, 0.15) is 16.7 Å². The Hall–Kier alpha value is -1.56. The van der Waals surface area contributed by atoms with Crippen LogP contribution in [0.2, 0.25) is 0 Å². The Bertz CT molecular complexity index is 447. The van der Waals surface area contributed by atoms with Gasteiger partial charge in [0, 0.05) is 0 Å². The molecule has 0 aliphatic carbocycles. The maximum Gasteiger partial charge on any atom is 0.326 e. The fourth-order valence-corrected chi connectivity index (χ4v) is 2.23. The van der Waals surface area contributed by atoms with Gasteiger partial charge >= 0.3 is 5.97 Å². The molecule has 1 amide bonds. The summed E-state index contributed by atoms with van der Waals surface area (Å²) in [7, 11) is 1.47. The van der Waals surface area contributed by atoms with Crippen molar-refractivity contribution < 1.29 is 19.4 Å². The molecular formula is C12H17NO4S. The lowest BCUT2D eigenvalue weighted by molar-refractivity contribution is -0.142. The molecule has 0 bridgehead atoms. The van der Waals surface area contributed by atoms with Gasteiger partial charge in [-0.05, 0) is 16.9 Å². The van der Waals surface area contributed by atoms with Crippen LogP contribution in [-0.2, 0) is 4.79 Å². The number of carbonyl (C=O) groups is 2. The molecule has 0 saturated carbocycles. The molecule has 1 aromatic rings. The highest BCUT2D eigenvalue weighted by Crippen LogP contribution is 2.26. The number of aliphatic carboxylic acids is 1. The number of carboxylic acid groups (broad SMARTS) is 1. The van der Waals surface area contributed by atoms with E-state index in [2.05, 4.69) is 5.32 Å². The van der Waals surface area contributed by atoms with Gasteiger partial charge in [0.25, 0.3) is 5.91 Å². The lowest BCUT2D eigenvalue weighted by Crippen LogP contribution is -2.48. The van der Waals surface area contributed by atoms with Crippen molar-refractivity contribution in [1.29, 1.82) is 0 Å². The highest BCUT2D eigenvalue weighted by atomic mass is 32.1. The second-order valence-corrected chi connectivity index (χ2v) is 5.84. The summed E-state index contributed by atoms with van der Waals surface area (Å²) in [5.74, 6) is -1.02. The molecule has 0 spiro atoms. The molecule has 1 atom stereocenters. The maximum atomic E-state index is 12.0. The molecular weight excluding hydrogens is 254 g/mol. The van der Waals surface area contributed by atoms with E-state index >= 15 is 0 Å². The number of carboxylic acids is 1. The van der Waals surface area contributed by atoms with E-state index in [1.807, 2.05) is 0 Å². The summed E-state index contributed by atoms with van der Waals surface area (Å²) >= 11 is 1.22. The zero-order valence-corrected chi connectivity index (χ0v) is 11.6. The number of nitrogens with one attached hydrogen (secondary N) is 1. The van der Waals surface area contributed by atoms with Gasteiger partial charge in [-0.15, -0.1) is 11.3 Å². The van der Waals surface area contributed by atoms with Crippen molar-refractivity contribution in [2.45, 2.75) is 26.8 Å². The van der Waals surface area contributed by atoms with Gasteiger partial charge in [-0.25, -0.2) is 4.79 Å². The number of ether oxygens (including phenoxy) is 1. The van der Waals surface area contributed by atoms with Crippen LogP contribution in [0.25, 0.3) is 0 Å². The highest BCUT2D eigenvalue weighted by Gasteiger charge is 2.33. The number of methoxy groups -OCH3 is 1. The van der Waals surface area contributed by atoms with Gasteiger partial charge < -0.3 is 15.2 Å². The van der Waals surface area contributed by atoms with Gasteiger partial charge in [-0.1, -0.05) is 20.8 Å². The molecule has 1 heterocycles. The predicted molar refractivity (Wildman–Crippen MR) is 69.2 cm³/mol. The smallest absolute Gasteiger partial charge is 0.326 e. The fourth-order valence-electron chi connectivity index (χ4n) is 1.47. The average Bonchev–Trinajstić information content (AvgIpc) is 2.71. The zero-order chi connectivity index (χ0) is 13.9. The summed E-state index contributed by atoms with van der Waals surface area (Å²) in [6.07, 6.45) is 0. The second-order valence-electron chi connectivity index (χ2n) is 4.93. The van der Waals surface area contributed by atoms with Crippen molar-refractivity contribution in [1.82, 2.24) is 5.32 Å². The van der Waals surface area contributed by atoms with Crippen LogP contribution in [0, 0.1) is 5.41 Å². The van der Waals surface area contributed by atoms with E-state index in [1.165, 1.54) is 18.4 Å². The van der Waals surface area contributed by atoms with Crippen LogP contribution >= 0.6 is 11.3 Å². The van der Waals surface area contributed by atoms with E-state index in [0.717, 1.165) is 0 Å². The van der Waals surface area contributed by atoms with Gasteiger partial charge in [0.2, 0.25) is 0 Å².